The SMILES string of the molecule is O=C=C1c2ccc(O)cc2C=C(O)C1O. The van der Waals surface area contributed by atoms with E-state index >= 15 is 0 Å². The summed E-state index contributed by atoms with van der Waals surface area (Å²) in [5.41, 5.74) is 0.925. The monoisotopic (exact) mass is 204 g/mol. The first-order chi connectivity index (χ1) is 7.13. The van der Waals surface area contributed by atoms with Crippen molar-refractivity contribution in [1.82, 2.24) is 0 Å². The lowest BCUT2D eigenvalue weighted by atomic mass is 9.90. The molecule has 0 saturated heterocycles. The highest BCUT2D eigenvalue weighted by Crippen LogP contribution is 2.32. The Morgan fingerprint density at radius 2 is 2.00 bits per heavy atom. The Hall–Kier alpha value is -2.03. The third-order valence-electron chi connectivity index (χ3n) is 2.29. The van der Waals surface area contributed by atoms with Gasteiger partial charge in [0.05, 0.1) is 5.57 Å². The van der Waals surface area contributed by atoms with Gasteiger partial charge in [0, 0.05) is 0 Å². The molecule has 76 valence electrons. The van der Waals surface area contributed by atoms with Gasteiger partial charge in [0.1, 0.15) is 23.6 Å². The van der Waals surface area contributed by atoms with Crippen LogP contribution in [0, 0.1) is 0 Å². The van der Waals surface area contributed by atoms with E-state index < -0.39 is 6.10 Å². The highest BCUT2D eigenvalue weighted by Gasteiger charge is 2.25. The van der Waals surface area contributed by atoms with E-state index in [1.165, 1.54) is 24.3 Å². The molecule has 1 aromatic rings. The molecule has 1 aliphatic rings. The number of phenolic OH excluding ortho intramolecular Hbond substituents is 1. The summed E-state index contributed by atoms with van der Waals surface area (Å²) in [6.07, 6.45) is -0.0276. The molecular weight excluding hydrogens is 196 g/mol. The highest BCUT2D eigenvalue weighted by atomic mass is 16.3. The lowest BCUT2D eigenvalue weighted by Gasteiger charge is -2.19. The van der Waals surface area contributed by atoms with Crippen molar-refractivity contribution < 1.29 is 20.1 Å². The van der Waals surface area contributed by atoms with E-state index in [2.05, 4.69) is 0 Å². The summed E-state index contributed by atoms with van der Waals surface area (Å²) in [7, 11) is 0. The van der Waals surface area contributed by atoms with Gasteiger partial charge in [-0.25, -0.2) is 4.79 Å². The summed E-state index contributed by atoms with van der Waals surface area (Å²) in [6.45, 7) is 0. The second kappa shape index (κ2) is 3.28. The molecule has 0 aromatic heterocycles. The average molecular weight is 204 g/mol. The van der Waals surface area contributed by atoms with Gasteiger partial charge in [-0.15, -0.1) is 0 Å². The molecule has 1 aromatic carbocycles. The normalized spacial score (nSPS) is 19.1. The van der Waals surface area contributed by atoms with Crippen LogP contribution in [0.5, 0.6) is 5.75 Å². The fourth-order valence-corrected chi connectivity index (χ4v) is 1.56. The molecule has 0 heterocycles. The fraction of sp³-hybridized carbons (Fsp3) is 0.0909. The molecule has 0 spiro atoms. The molecule has 4 nitrogen and oxygen atoms in total. The highest BCUT2D eigenvalue weighted by molar-refractivity contribution is 5.96. The van der Waals surface area contributed by atoms with Crippen LogP contribution in [0.25, 0.3) is 11.6 Å². The predicted octanol–water partition coefficient (Wildman–Crippen LogP) is 0.881. The lowest BCUT2D eigenvalue weighted by molar-refractivity contribution is 0.202. The van der Waals surface area contributed by atoms with Crippen molar-refractivity contribution in [2.24, 2.45) is 0 Å². The Labute approximate surface area is 85.4 Å². The molecule has 0 radical (unpaired) electrons. The lowest BCUT2D eigenvalue weighted by Crippen LogP contribution is -2.17. The first-order valence-corrected chi connectivity index (χ1v) is 4.30. The summed E-state index contributed by atoms with van der Waals surface area (Å²) in [6, 6.07) is 4.30. The van der Waals surface area contributed by atoms with Crippen molar-refractivity contribution in [2.75, 3.05) is 0 Å². The number of rotatable bonds is 0. The number of aliphatic hydroxyl groups excluding tert-OH is 2. The van der Waals surface area contributed by atoms with Crippen LogP contribution in [0.3, 0.4) is 0 Å². The number of aromatic hydroxyl groups is 1. The molecule has 15 heavy (non-hydrogen) atoms. The largest absolute Gasteiger partial charge is 0.509 e. The van der Waals surface area contributed by atoms with Crippen LogP contribution < -0.4 is 0 Å². The summed E-state index contributed by atoms with van der Waals surface area (Å²) < 4.78 is 0. The molecule has 0 fully saturated rings. The topological polar surface area (TPSA) is 77.8 Å². The predicted molar refractivity (Wildman–Crippen MR) is 53.8 cm³/mol. The van der Waals surface area contributed by atoms with Crippen LogP contribution in [0.1, 0.15) is 11.1 Å². The van der Waals surface area contributed by atoms with Crippen molar-refractivity contribution in [3.05, 3.63) is 35.1 Å². The fourth-order valence-electron chi connectivity index (χ4n) is 1.56. The second-order valence-electron chi connectivity index (χ2n) is 3.26. The third kappa shape index (κ3) is 1.42. The quantitative estimate of drug-likeness (QED) is 0.548. The minimum absolute atomic E-state index is 0.0231. The number of hydrogen-bond donors (Lipinski definition) is 3. The van der Waals surface area contributed by atoms with E-state index in [-0.39, 0.29) is 17.1 Å². The van der Waals surface area contributed by atoms with Gasteiger partial charge in [0.2, 0.25) is 0 Å². The Morgan fingerprint density at radius 3 is 2.67 bits per heavy atom. The number of benzene rings is 1. The van der Waals surface area contributed by atoms with Gasteiger partial charge in [0.25, 0.3) is 0 Å². The van der Waals surface area contributed by atoms with Gasteiger partial charge < -0.3 is 15.3 Å². The summed E-state index contributed by atoms with van der Waals surface area (Å²) in [5, 5.41) is 28.0. The van der Waals surface area contributed by atoms with E-state index in [0.717, 1.165) is 0 Å². The van der Waals surface area contributed by atoms with Gasteiger partial charge >= 0.3 is 0 Å². The molecule has 1 unspecified atom stereocenters. The van der Waals surface area contributed by atoms with E-state index in [1.807, 2.05) is 0 Å². The summed E-state index contributed by atoms with van der Waals surface area (Å²) in [4.78, 5) is 10.6. The average Bonchev–Trinajstić information content (AvgIpc) is 2.20. The van der Waals surface area contributed by atoms with E-state index in [4.69, 9.17) is 0 Å². The van der Waals surface area contributed by atoms with Crippen LogP contribution in [0.15, 0.2) is 24.0 Å². The molecular formula is C11H8O4. The molecule has 1 aliphatic carbocycles. The van der Waals surface area contributed by atoms with Crippen LogP contribution in [0.2, 0.25) is 0 Å². The summed E-state index contributed by atoms with van der Waals surface area (Å²) >= 11 is 0. The first-order valence-electron chi connectivity index (χ1n) is 4.30. The van der Waals surface area contributed by atoms with Crippen molar-refractivity contribution in [2.45, 2.75) is 6.10 Å². The number of fused-ring (bicyclic) bond motifs is 1. The zero-order chi connectivity index (χ0) is 11.0. The molecule has 0 saturated carbocycles. The molecule has 0 aliphatic heterocycles. The summed E-state index contributed by atoms with van der Waals surface area (Å²) in [5.74, 6) is 1.29. The Kier molecular flexibility index (Phi) is 2.08. The van der Waals surface area contributed by atoms with Gasteiger partial charge in [-0.05, 0) is 35.4 Å². The standard InChI is InChI=1S/C11H8O4/c12-5-9-8-2-1-7(13)3-6(8)4-10(14)11(9)15/h1-4,11,13-15H. The van der Waals surface area contributed by atoms with Gasteiger partial charge in [-0.2, -0.15) is 0 Å². The Morgan fingerprint density at radius 1 is 1.27 bits per heavy atom. The van der Waals surface area contributed by atoms with Crippen molar-refractivity contribution >= 4 is 17.6 Å². The van der Waals surface area contributed by atoms with Crippen molar-refractivity contribution in [3.63, 3.8) is 0 Å². The maximum atomic E-state index is 10.6. The van der Waals surface area contributed by atoms with Crippen molar-refractivity contribution in [3.8, 4) is 5.75 Å². The maximum Gasteiger partial charge on any atom is 0.147 e. The zero-order valence-electron chi connectivity index (χ0n) is 7.64. The first kappa shape index (κ1) is 9.52. The van der Waals surface area contributed by atoms with Gasteiger partial charge in [-0.3, -0.25) is 0 Å². The van der Waals surface area contributed by atoms with Gasteiger partial charge in [0.15, 0.2) is 0 Å². The molecule has 0 bridgehead atoms. The van der Waals surface area contributed by atoms with Crippen molar-refractivity contribution in [1.29, 1.82) is 0 Å². The minimum Gasteiger partial charge on any atom is -0.509 e. The minimum atomic E-state index is -1.33. The molecule has 1 atom stereocenters. The van der Waals surface area contributed by atoms with Crippen LogP contribution in [-0.2, 0) is 4.79 Å². The molecule has 3 N–H and O–H groups in total. The van der Waals surface area contributed by atoms with Crippen LogP contribution in [-0.4, -0.2) is 27.4 Å². The van der Waals surface area contributed by atoms with E-state index in [0.29, 0.717) is 11.1 Å². The zero-order valence-corrected chi connectivity index (χ0v) is 7.64. The smallest absolute Gasteiger partial charge is 0.147 e. The molecule has 4 heteroatoms. The molecule has 0 amide bonds. The maximum absolute atomic E-state index is 10.6. The number of hydrogen-bond acceptors (Lipinski definition) is 4. The Bertz CT molecular complexity index is 495. The van der Waals surface area contributed by atoms with E-state index in [9.17, 15) is 20.1 Å². The molecule has 2 rings (SSSR count). The third-order valence-corrected chi connectivity index (χ3v) is 2.29. The van der Waals surface area contributed by atoms with Crippen LogP contribution in [0.4, 0.5) is 0 Å². The Balaban J connectivity index is 2.71. The van der Waals surface area contributed by atoms with Crippen LogP contribution >= 0.6 is 0 Å². The second-order valence-corrected chi connectivity index (χ2v) is 3.26. The number of carbonyl (C=O) groups excluding carboxylic acids is 1. The number of phenols is 1. The number of aliphatic hydroxyl groups is 2. The van der Waals surface area contributed by atoms with E-state index in [1.54, 1.807) is 5.94 Å². The van der Waals surface area contributed by atoms with Gasteiger partial charge in [-0.1, -0.05) is 0 Å².